The Morgan fingerprint density at radius 1 is 1.29 bits per heavy atom. The summed E-state index contributed by atoms with van der Waals surface area (Å²) >= 11 is 3.42. The fourth-order valence-electron chi connectivity index (χ4n) is 3.01. The van der Waals surface area contributed by atoms with Crippen molar-refractivity contribution in [1.29, 1.82) is 0 Å². The second-order valence-corrected chi connectivity index (χ2v) is 6.68. The molecule has 1 aliphatic heterocycles. The highest BCUT2D eigenvalue weighted by atomic mass is 79.9. The Morgan fingerprint density at radius 3 is 2.71 bits per heavy atom. The minimum Gasteiger partial charge on any atom is -0.423 e. The molecule has 2 aromatic rings. The molecule has 0 saturated carbocycles. The summed E-state index contributed by atoms with van der Waals surface area (Å²) in [4.78, 5) is 14.2. The highest BCUT2D eigenvalue weighted by molar-refractivity contribution is 9.10. The molecule has 0 bridgehead atoms. The molecule has 2 unspecified atom stereocenters. The summed E-state index contributed by atoms with van der Waals surface area (Å²) in [6.07, 6.45) is 0. The van der Waals surface area contributed by atoms with E-state index in [1.54, 1.807) is 6.07 Å². The Bertz CT molecular complexity index is 703. The molecule has 2 atom stereocenters. The van der Waals surface area contributed by atoms with Crippen molar-refractivity contribution in [1.82, 2.24) is 10.2 Å². The molecule has 5 heteroatoms. The van der Waals surface area contributed by atoms with Crippen LogP contribution in [0.2, 0.25) is 0 Å². The summed E-state index contributed by atoms with van der Waals surface area (Å²) in [6, 6.07) is 8.37. The van der Waals surface area contributed by atoms with E-state index in [4.69, 9.17) is 4.42 Å². The van der Waals surface area contributed by atoms with Crippen LogP contribution in [-0.2, 0) is 6.54 Å². The van der Waals surface area contributed by atoms with Crippen molar-refractivity contribution < 1.29 is 4.42 Å². The summed E-state index contributed by atoms with van der Waals surface area (Å²) in [5, 5.41) is 4.44. The highest BCUT2D eigenvalue weighted by Crippen LogP contribution is 2.24. The van der Waals surface area contributed by atoms with Crippen LogP contribution in [0.3, 0.4) is 0 Å². The molecule has 112 valence electrons. The maximum atomic E-state index is 11.8. The van der Waals surface area contributed by atoms with E-state index in [-0.39, 0.29) is 5.63 Å². The Labute approximate surface area is 132 Å². The number of nitrogens with one attached hydrogen (secondary N) is 1. The average Bonchev–Trinajstić information content (AvgIpc) is 2.42. The number of hydrogen-bond donors (Lipinski definition) is 1. The molecule has 4 nitrogen and oxygen atoms in total. The molecule has 1 aromatic heterocycles. The van der Waals surface area contributed by atoms with Crippen LogP contribution in [0.15, 0.2) is 37.9 Å². The lowest BCUT2D eigenvalue weighted by atomic mass is 10.1. The minimum atomic E-state index is -0.286. The molecule has 0 amide bonds. The number of fused-ring (bicyclic) bond motifs is 1. The zero-order valence-electron chi connectivity index (χ0n) is 12.2. The standard InChI is InChI=1S/C16H19BrN2O2/c1-10-7-18-8-11(2)19(10)9-12-5-16(20)21-15-6-13(17)3-4-14(12)15/h3-6,10-11,18H,7-9H2,1-2H3. The SMILES string of the molecule is CC1CNCC(C)N1Cc1cc(=O)oc2cc(Br)ccc12. The average molecular weight is 351 g/mol. The van der Waals surface area contributed by atoms with E-state index in [2.05, 4.69) is 40.0 Å². The van der Waals surface area contributed by atoms with Gasteiger partial charge in [0.2, 0.25) is 0 Å². The molecule has 1 saturated heterocycles. The lowest BCUT2D eigenvalue weighted by molar-refractivity contribution is 0.109. The first-order valence-corrected chi connectivity index (χ1v) is 8.02. The highest BCUT2D eigenvalue weighted by Gasteiger charge is 2.25. The molecule has 0 aliphatic carbocycles. The first kappa shape index (κ1) is 14.8. The molecule has 1 N–H and O–H groups in total. The molecule has 21 heavy (non-hydrogen) atoms. The fraction of sp³-hybridized carbons (Fsp3) is 0.438. The van der Waals surface area contributed by atoms with Gasteiger partial charge in [-0.15, -0.1) is 0 Å². The third kappa shape index (κ3) is 3.05. The molecule has 1 aromatic carbocycles. The predicted molar refractivity (Wildman–Crippen MR) is 87.5 cm³/mol. The normalized spacial score (nSPS) is 23.6. The van der Waals surface area contributed by atoms with Crippen LogP contribution in [0, 0.1) is 0 Å². The van der Waals surface area contributed by atoms with Crippen molar-refractivity contribution in [2.75, 3.05) is 13.1 Å². The Balaban J connectivity index is 2.01. The van der Waals surface area contributed by atoms with E-state index in [0.29, 0.717) is 17.7 Å². The van der Waals surface area contributed by atoms with Gasteiger partial charge in [-0.2, -0.15) is 0 Å². The van der Waals surface area contributed by atoms with Crippen LogP contribution in [0.1, 0.15) is 19.4 Å². The van der Waals surface area contributed by atoms with Crippen molar-refractivity contribution in [2.24, 2.45) is 0 Å². The van der Waals surface area contributed by atoms with Crippen LogP contribution < -0.4 is 10.9 Å². The van der Waals surface area contributed by atoms with Crippen LogP contribution in [-0.4, -0.2) is 30.1 Å². The molecule has 1 aliphatic rings. The zero-order valence-corrected chi connectivity index (χ0v) is 13.8. The second kappa shape index (κ2) is 5.91. The third-order valence-corrected chi connectivity index (χ3v) is 4.65. The lowest BCUT2D eigenvalue weighted by Gasteiger charge is -2.39. The Morgan fingerprint density at radius 2 is 2.00 bits per heavy atom. The summed E-state index contributed by atoms with van der Waals surface area (Å²) < 4.78 is 6.23. The minimum absolute atomic E-state index is 0.286. The molecule has 3 rings (SSSR count). The lowest BCUT2D eigenvalue weighted by Crippen LogP contribution is -2.54. The van der Waals surface area contributed by atoms with E-state index in [1.165, 1.54) is 0 Å². The van der Waals surface area contributed by atoms with Crippen LogP contribution >= 0.6 is 15.9 Å². The van der Waals surface area contributed by atoms with E-state index in [1.807, 2.05) is 18.2 Å². The van der Waals surface area contributed by atoms with Gasteiger partial charge < -0.3 is 9.73 Å². The molecular weight excluding hydrogens is 332 g/mol. The van der Waals surface area contributed by atoms with Crippen molar-refractivity contribution in [3.8, 4) is 0 Å². The van der Waals surface area contributed by atoms with Gasteiger partial charge in [-0.1, -0.05) is 15.9 Å². The number of nitrogens with zero attached hydrogens (tertiary/aromatic N) is 1. The van der Waals surface area contributed by atoms with Gasteiger partial charge in [0, 0.05) is 47.6 Å². The maximum Gasteiger partial charge on any atom is 0.336 e. The second-order valence-electron chi connectivity index (χ2n) is 5.76. The van der Waals surface area contributed by atoms with Crippen molar-refractivity contribution >= 4 is 26.9 Å². The van der Waals surface area contributed by atoms with Crippen molar-refractivity contribution in [2.45, 2.75) is 32.5 Å². The van der Waals surface area contributed by atoms with Crippen molar-refractivity contribution in [3.63, 3.8) is 0 Å². The third-order valence-electron chi connectivity index (χ3n) is 4.16. The van der Waals surface area contributed by atoms with Gasteiger partial charge in [-0.3, -0.25) is 4.90 Å². The Kier molecular flexibility index (Phi) is 4.15. The monoisotopic (exact) mass is 350 g/mol. The Hall–Kier alpha value is -1.17. The summed E-state index contributed by atoms with van der Waals surface area (Å²) in [5.41, 5.74) is 1.39. The van der Waals surface area contributed by atoms with Crippen LogP contribution in [0.5, 0.6) is 0 Å². The zero-order chi connectivity index (χ0) is 15.0. The maximum absolute atomic E-state index is 11.8. The number of benzene rings is 1. The van der Waals surface area contributed by atoms with Gasteiger partial charge in [0.1, 0.15) is 5.58 Å². The summed E-state index contributed by atoms with van der Waals surface area (Å²) in [5.74, 6) is 0. The number of rotatable bonds is 2. The van der Waals surface area contributed by atoms with E-state index >= 15 is 0 Å². The molecule has 1 fully saturated rings. The van der Waals surface area contributed by atoms with E-state index in [0.717, 1.165) is 35.1 Å². The largest absolute Gasteiger partial charge is 0.423 e. The van der Waals surface area contributed by atoms with Gasteiger partial charge in [0.05, 0.1) is 0 Å². The number of halogens is 1. The summed E-state index contributed by atoms with van der Waals surface area (Å²) in [6.45, 7) is 7.16. The molecule has 0 radical (unpaired) electrons. The molecule has 0 spiro atoms. The smallest absolute Gasteiger partial charge is 0.336 e. The van der Waals surface area contributed by atoms with Gasteiger partial charge >= 0.3 is 5.63 Å². The van der Waals surface area contributed by atoms with E-state index < -0.39 is 0 Å². The topological polar surface area (TPSA) is 45.5 Å². The first-order valence-electron chi connectivity index (χ1n) is 7.23. The van der Waals surface area contributed by atoms with Gasteiger partial charge in [-0.05, 0) is 37.6 Å². The summed E-state index contributed by atoms with van der Waals surface area (Å²) in [7, 11) is 0. The van der Waals surface area contributed by atoms with Gasteiger partial charge in [-0.25, -0.2) is 4.79 Å². The number of hydrogen-bond acceptors (Lipinski definition) is 4. The molecular formula is C16H19BrN2O2. The van der Waals surface area contributed by atoms with E-state index in [9.17, 15) is 4.79 Å². The van der Waals surface area contributed by atoms with Gasteiger partial charge in [0.25, 0.3) is 0 Å². The van der Waals surface area contributed by atoms with Crippen LogP contribution in [0.25, 0.3) is 11.0 Å². The predicted octanol–water partition coefficient (Wildman–Crippen LogP) is 2.74. The number of piperazine rings is 1. The van der Waals surface area contributed by atoms with Crippen LogP contribution in [0.4, 0.5) is 0 Å². The quantitative estimate of drug-likeness (QED) is 0.846. The fourth-order valence-corrected chi connectivity index (χ4v) is 3.35. The molecule has 2 heterocycles. The van der Waals surface area contributed by atoms with Crippen molar-refractivity contribution in [3.05, 3.63) is 44.7 Å². The first-order chi connectivity index (χ1) is 10.0. The van der Waals surface area contributed by atoms with Gasteiger partial charge in [0.15, 0.2) is 0 Å².